The highest BCUT2D eigenvalue weighted by Crippen LogP contribution is 2.36. The van der Waals surface area contributed by atoms with Gasteiger partial charge in [0.2, 0.25) is 5.28 Å². The number of halogens is 2. The number of hydrogen-bond donors (Lipinski definition) is 2. The maximum Gasteiger partial charge on any atom is 0.224 e. The third-order valence-electron chi connectivity index (χ3n) is 3.12. The zero-order chi connectivity index (χ0) is 14.1. The molecule has 0 fully saturated rings. The van der Waals surface area contributed by atoms with Crippen LogP contribution in [-0.4, -0.2) is 16.6 Å². The molecule has 0 bridgehead atoms. The molecule has 2 heterocycles. The van der Waals surface area contributed by atoms with Crippen molar-refractivity contribution in [3.8, 4) is 5.75 Å². The van der Waals surface area contributed by atoms with Crippen LogP contribution in [0.25, 0.3) is 0 Å². The smallest absolute Gasteiger partial charge is 0.224 e. The Hall–Kier alpha value is -2.08. The first-order valence-electron chi connectivity index (χ1n) is 6.11. The van der Waals surface area contributed by atoms with E-state index >= 15 is 0 Å². The Balaban J connectivity index is 1.94. The number of rotatable bonds is 2. The van der Waals surface area contributed by atoms with E-state index in [4.69, 9.17) is 22.1 Å². The molecule has 20 heavy (non-hydrogen) atoms. The van der Waals surface area contributed by atoms with Crippen molar-refractivity contribution in [1.82, 2.24) is 9.97 Å². The Labute approximate surface area is 119 Å². The zero-order valence-corrected chi connectivity index (χ0v) is 11.2. The van der Waals surface area contributed by atoms with Gasteiger partial charge in [-0.1, -0.05) is 12.1 Å². The van der Waals surface area contributed by atoms with Gasteiger partial charge in [0.25, 0.3) is 0 Å². The third-order valence-corrected chi connectivity index (χ3v) is 3.31. The van der Waals surface area contributed by atoms with E-state index in [9.17, 15) is 4.39 Å². The molecule has 1 atom stereocenters. The van der Waals surface area contributed by atoms with Crippen molar-refractivity contribution in [2.24, 2.45) is 0 Å². The average Bonchev–Trinajstić information content (AvgIpc) is 2.44. The predicted molar refractivity (Wildman–Crippen MR) is 74.3 cm³/mol. The molecule has 1 aliphatic rings. The second-order valence-electron chi connectivity index (χ2n) is 4.44. The summed E-state index contributed by atoms with van der Waals surface area (Å²) in [5.74, 6) is 0.338. The summed E-state index contributed by atoms with van der Waals surface area (Å²) in [6.07, 6.45) is 2.11. The summed E-state index contributed by atoms with van der Waals surface area (Å²) < 4.78 is 19.1. The largest absolute Gasteiger partial charge is 0.490 e. The molecular weight excluding hydrogens is 283 g/mol. The molecule has 1 aliphatic heterocycles. The Bertz CT molecular complexity index is 652. The highest BCUT2D eigenvalue weighted by atomic mass is 35.5. The summed E-state index contributed by atoms with van der Waals surface area (Å²) in [4.78, 5) is 7.84. The average molecular weight is 295 g/mol. The van der Waals surface area contributed by atoms with Gasteiger partial charge in [0.1, 0.15) is 0 Å². The van der Waals surface area contributed by atoms with Crippen LogP contribution in [0.3, 0.4) is 0 Å². The van der Waals surface area contributed by atoms with E-state index in [2.05, 4.69) is 15.3 Å². The molecule has 5 nitrogen and oxygen atoms in total. The molecule has 3 N–H and O–H groups in total. The number of benzene rings is 1. The topological polar surface area (TPSA) is 73.1 Å². The van der Waals surface area contributed by atoms with E-state index in [0.717, 1.165) is 5.56 Å². The van der Waals surface area contributed by atoms with Crippen LogP contribution >= 0.6 is 11.6 Å². The van der Waals surface area contributed by atoms with Crippen LogP contribution < -0.4 is 15.8 Å². The van der Waals surface area contributed by atoms with Crippen LogP contribution in [0.4, 0.5) is 15.9 Å². The van der Waals surface area contributed by atoms with Crippen LogP contribution in [-0.2, 0) is 0 Å². The highest BCUT2D eigenvalue weighted by Gasteiger charge is 2.24. The van der Waals surface area contributed by atoms with Gasteiger partial charge in [-0.05, 0) is 17.7 Å². The van der Waals surface area contributed by atoms with E-state index in [1.54, 1.807) is 6.07 Å². The molecule has 2 aromatic rings. The molecule has 1 aromatic heterocycles. The molecular formula is C13H12ClFN4O. The fourth-order valence-corrected chi connectivity index (χ4v) is 2.32. The Morgan fingerprint density at radius 1 is 1.45 bits per heavy atom. The van der Waals surface area contributed by atoms with Crippen LogP contribution in [0.2, 0.25) is 5.28 Å². The molecule has 0 radical (unpaired) electrons. The number of nitrogen functional groups attached to an aromatic ring is 1. The molecule has 0 aliphatic carbocycles. The maximum absolute atomic E-state index is 13.7. The van der Waals surface area contributed by atoms with Gasteiger partial charge in [-0.2, -0.15) is 4.98 Å². The number of nitrogens with one attached hydrogen (secondary N) is 1. The van der Waals surface area contributed by atoms with Crippen molar-refractivity contribution < 1.29 is 9.13 Å². The molecule has 0 spiro atoms. The lowest BCUT2D eigenvalue weighted by atomic mass is 10.0. The van der Waals surface area contributed by atoms with Gasteiger partial charge >= 0.3 is 0 Å². The predicted octanol–water partition coefficient (Wildman–Crippen LogP) is 2.79. The Morgan fingerprint density at radius 3 is 3.15 bits per heavy atom. The van der Waals surface area contributed by atoms with E-state index in [0.29, 0.717) is 24.5 Å². The van der Waals surface area contributed by atoms with Gasteiger partial charge < -0.3 is 15.8 Å². The van der Waals surface area contributed by atoms with E-state index in [-0.39, 0.29) is 22.9 Å². The van der Waals surface area contributed by atoms with E-state index in [1.165, 1.54) is 12.3 Å². The fraction of sp³-hybridized carbons (Fsp3) is 0.231. The van der Waals surface area contributed by atoms with Gasteiger partial charge in [0.05, 0.1) is 24.5 Å². The molecule has 1 unspecified atom stereocenters. The van der Waals surface area contributed by atoms with Crippen LogP contribution in [0.1, 0.15) is 18.0 Å². The molecule has 3 rings (SSSR count). The highest BCUT2D eigenvalue weighted by molar-refractivity contribution is 6.28. The van der Waals surface area contributed by atoms with Crippen molar-refractivity contribution >= 4 is 23.1 Å². The molecule has 104 valence electrons. The monoisotopic (exact) mass is 294 g/mol. The number of fused-ring (bicyclic) bond motifs is 1. The third kappa shape index (κ3) is 2.34. The van der Waals surface area contributed by atoms with Gasteiger partial charge in [0.15, 0.2) is 17.4 Å². The summed E-state index contributed by atoms with van der Waals surface area (Å²) in [5, 5.41) is 3.27. The number of para-hydroxylation sites is 1. The van der Waals surface area contributed by atoms with Crippen molar-refractivity contribution in [3.05, 3.63) is 41.1 Å². The van der Waals surface area contributed by atoms with Gasteiger partial charge in [-0.25, -0.2) is 9.37 Å². The van der Waals surface area contributed by atoms with E-state index in [1.807, 2.05) is 6.07 Å². The first-order valence-corrected chi connectivity index (χ1v) is 6.48. The van der Waals surface area contributed by atoms with E-state index < -0.39 is 0 Å². The Kier molecular flexibility index (Phi) is 3.31. The van der Waals surface area contributed by atoms with Crippen LogP contribution in [0.5, 0.6) is 5.75 Å². The second-order valence-corrected chi connectivity index (χ2v) is 4.77. The number of anilines is 2. The summed E-state index contributed by atoms with van der Waals surface area (Å²) in [7, 11) is 0. The zero-order valence-electron chi connectivity index (χ0n) is 10.4. The van der Waals surface area contributed by atoms with Crippen LogP contribution in [0.15, 0.2) is 24.4 Å². The number of ether oxygens (including phenoxy) is 1. The van der Waals surface area contributed by atoms with Crippen molar-refractivity contribution in [1.29, 1.82) is 0 Å². The molecule has 7 heteroatoms. The summed E-state index contributed by atoms with van der Waals surface area (Å²) in [5.41, 5.74) is 6.93. The van der Waals surface area contributed by atoms with Crippen molar-refractivity contribution in [2.75, 3.05) is 17.7 Å². The summed E-state index contributed by atoms with van der Waals surface area (Å²) in [6, 6.07) is 4.70. The minimum absolute atomic E-state index is 0.105. The molecule has 1 aromatic carbocycles. The molecule has 0 saturated heterocycles. The number of nitrogens with two attached hydrogens (primary N) is 1. The summed E-state index contributed by atoms with van der Waals surface area (Å²) >= 11 is 5.76. The standard InChI is InChI=1S/C13H12ClFN4O/c14-13-17-6-9(16)12(19-13)18-10-4-5-20-11-7(10)2-1-3-8(11)15/h1-3,6,10H,4-5,16H2,(H,17,18,19). The number of hydrogen-bond acceptors (Lipinski definition) is 5. The first-order chi connectivity index (χ1) is 9.65. The van der Waals surface area contributed by atoms with Crippen molar-refractivity contribution in [3.63, 3.8) is 0 Å². The normalized spacial score (nSPS) is 17.2. The minimum atomic E-state index is -0.373. The fourth-order valence-electron chi connectivity index (χ4n) is 2.19. The summed E-state index contributed by atoms with van der Waals surface area (Å²) in [6.45, 7) is 0.421. The number of nitrogens with zero attached hydrogens (tertiary/aromatic N) is 2. The lowest BCUT2D eigenvalue weighted by Gasteiger charge is -2.27. The van der Waals surface area contributed by atoms with Crippen molar-refractivity contribution in [2.45, 2.75) is 12.5 Å². The van der Waals surface area contributed by atoms with Gasteiger partial charge in [0, 0.05) is 12.0 Å². The van der Waals surface area contributed by atoms with Gasteiger partial charge in [-0.3, -0.25) is 0 Å². The SMILES string of the molecule is Nc1cnc(Cl)nc1NC1CCOc2c(F)cccc21. The van der Waals surface area contributed by atoms with Gasteiger partial charge in [-0.15, -0.1) is 0 Å². The second kappa shape index (κ2) is 5.13. The van der Waals surface area contributed by atoms with Crippen LogP contribution in [0, 0.1) is 5.82 Å². The lowest BCUT2D eigenvalue weighted by molar-refractivity contribution is 0.260. The Morgan fingerprint density at radius 2 is 2.30 bits per heavy atom. The molecule has 0 amide bonds. The number of aromatic nitrogens is 2. The quantitative estimate of drug-likeness (QED) is 0.833. The first kappa shape index (κ1) is 12.9. The maximum atomic E-state index is 13.7. The lowest BCUT2D eigenvalue weighted by Crippen LogP contribution is -2.22. The molecule has 0 saturated carbocycles. The minimum Gasteiger partial charge on any atom is -0.490 e.